The van der Waals surface area contributed by atoms with Crippen molar-refractivity contribution in [1.29, 1.82) is 0 Å². The molecular formula is C12H23NO2. The van der Waals surface area contributed by atoms with E-state index in [2.05, 4.69) is 12.2 Å². The maximum Gasteiger partial charge on any atom is 0.305 e. The molecule has 1 saturated carbocycles. The Hall–Kier alpha value is -0.570. The van der Waals surface area contributed by atoms with Crippen LogP contribution in [-0.4, -0.2) is 23.7 Å². The van der Waals surface area contributed by atoms with Gasteiger partial charge in [0.15, 0.2) is 0 Å². The Labute approximate surface area is 92.3 Å². The molecule has 0 heterocycles. The summed E-state index contributed by atoms with van der Waals surface area (Å²) in [6.45, 7) is 2.23. The molecule has 0 spiro atoms. The number of carboxylic acid groups (broad SMARTS) is 1. The van der Waals surface area contributed by atoms with E-state index in [0.717, 1.165) is 25.2 Å². The smallest absolute Gasteiger partial charge is 0.305 e. The molecule has 0 radical (unpaired) electrons. The second-order valence-electron chi connectivity index (χ2n) is 4.81. The lowest BCUT2D eigenvalue weighted by molar-refractivity contribution is -0.138. The number of carboxylic acids is 1. The van der Waals surface area contributed by atoms with Gasteiger partial charge in [-0.2, -0.15) is 0 Å². The first-order valence-electron chi connectivity index (χ1n) is 6.02. The first-order chi connectivity index (χ1) is 7.12. The van der Waals surface area contributed by atoms with Gasteiger partial charge in [-0.25, -0.2) is 0 Å². The Morgan fingerprint density at radius 1 is 1.47 bits per heavy atom. The molecule has 0 aromatic rings. The van der Waals surface area contributed by atoms with Gasteiger partial charge in [-0.3, -0.25) is 4.79 Å². The van der Waals surface area contributed by atoms with Crippen molar-refractivity contribution in [2.45, 2.75) is 57.4 Å². The third kappa shape index (κ3) is 3.49. The zero-order chi connectivity index (χ0) is 11.3. The van der Waals surface area contributed by atoms with E-state index in [4.69, 9.17) is 5.11 Å². The van der Waals surface area contributed by atoms with E-state index in [1.807, 2.05) is 7.05 Å². The molecular weight excluding hydrogens is 190 g/mol. The van der Waals surface area contributed by atoms with Crippen LogP contribution in [0.1, 0.15) is 51.9 Å². The molecule has 1 aliphatic rings. The van der Waals surface area contributed by atoms with Crippen LogP contribution in [0.3, 0.4) is 0 Å². The van der Waals surface area contributed by atoms with Gasteiger partial charge in [0.1, 0.15) is 0 Å². The number of aliphatic carboxylic acids is 1. The highest BCUT2D eigenvalue weighted by molar-refractivity contribution is 5.68. The summed E-state index contributed by atoms with van der Waals surface area (Å²) in [5, 5.41) is 12.2. The number of nitrogens with one attached hydrogen (secondary N) is 1. The summed E-state index contributed by atoms with van der Waals surface area (Å²) in [5.41, 5.74) is -0.143. The number of carbonyl (C=O) groups is 1. The molecule has 2 unspecified atom stereocenters. The predicted molar refractivity (Wildman–Crippen MR) is 60.9 cm³/mol. The number of hydrogen-bond donors (Lipinski definition) is 2. The van der Waals surface area contributed by atoms with Gasteiger partial charge in [-0.1, -0.05) is 26.2 Å². The van der Waals surface area contributed by atoms with Gasteiger partial charge in [0.25, 0.3) is 0 Å². The Kier molecular flexibility index (Phi) is 4.58. The average molecular weight is 213 g/mol. The maximum absolute atomic E-state index is 10.9. The zero-order valence-corrected chi connectivity index (χ0v) is 9.88. The molecule has 0 aliphatic heterocycles. The largest absolute Gasteiger partial charge is 0.481 e. The van der Waals surface area contributed by atoms with Crippen LogP contribution in [0.4, 0.5) is 0 Å². The molecule has 0 aromatic heterocycles. The third-order valence-corrected chi connectivity index (χ3v) is 3.90. The molecule has 3 nitrogen and oxygen atoms in total. The van der Waals surface area contributed by atoms with E-state index in [-0.39, 0.29) is 12.0 Å². The van der Waals surface area contributed by atoms with Crippen LogP contribution in [0.2, 0.25) is 0 Å². The highest BCUT2D eigenvalue weighted by Crippen LogP contribution is 2.33. The van der Waals surface area contributed by atoms with Gasteiger partial charge >= 0.3 is 5.97 Å². The lowest BCUT2D eigenvalue weighted by atomic mass is 9.86. The first-order valence-corrected chi connectivity index (χ1v) is 6.02. The van der Waals surface area contributed by atoms with Crippen molar-refractivity contribution >= 4 is 5.97 Å². The molecule has 2 N–H and O–H groups in total. The van der Waals surface area contributed by atoms with Crippen molar-refractivity contribution in [1.82, 2.24) is 5.32 Å². The molecule has 0 amide bonds. The predicted octanol–water partition coefficient (Wildman–Crippen LogP) is 2.41. The lowest BCUT2D eigenvalue weighted by Gasteiger charge is -2.31. The highest BCUT2D eigenvalue weighted by Gasteiger charge is 2.33. The molecule has 3 heteroatoms. The average Bonchev–Trinajstić information content (AvgIpc) is 2.40. The van der Waals surface area contributed by atoms with Crippen LogP contribution in [-0.2, 0) is 4.79 Å². The topological polar surface area (TPSA) is 49.3 Å². The van der Waals surface area contributed by atoms with E-state index in [9.17, 15) is 4.79 Å². The van der Waals surface area contributed by atoms with E-state index < -0.39 is 5.97 Å². The number of hydrogen-bond acceptors (Lipinski definition) is 2. The van der Waals surface area contributed by atoms with E-state index in [1.54, 1.807) is 0 Å². The van der Waals surface area contributed by atoms with Crippen LogP contribution in [0.25, 0.3) is 0 Å². The molecule has 1 fully saturated rings. The summed E-state index contributed by atoms with van der Waals surface area (Å²) < 4.78 is 0. The van der Waals surface area contributed by atoms with Gasteiger partial charge < -0.3 is 10.4 Å². The fourth-order valence-corrected chi connectivity index (χ4v) is 2.69. The summed E-state index contributed by atoms with van der Waals surface area (Å²) in [6.07, 6.45) is 7.10. The number of rotatable bonds is 4. The second kappa shape index (κ2) is 5.50. The molecule has 15 heavy (non-hydrogen) atoms. The summed E-state index contributed by atoms with van der Waals surface area (Å²) >= 11 is 0. The first kappa shape index (κ1) is 12.5. The molecule has 1 rings (SSSR count). The summed E-state index contributed by atoms with van der Waals surface area (Å²) in [7, 11) is 1.90. The minimum Gasteiger partial charge on any atom is -0.481 e. The minimum atomic E-state index is -0.681. The van der Waals surface area contributed by atoms with Crippen molar-refractivity contribution in [3.63, 3.8) is 0 Å². The second-order valence-corrected chi connectivity index (χ2v) is 4.81. The molecule has 1 aliphatic carbocycles. The molecule has 0 aromatic carbocycles. The SMILES string of the molecule is CCC1CCCC(CC(=O)O)(NC)CC1. The highest BCUT2D eigenvalue weighted by atomic mass is 16.4. The summed E-state index contributed by atoms with van der Waals surface area (Å²) in [5.74, 6) is 0.119. The third-order valence-electron chi connectivity index (χ3n) is 3.90. The van der Waals surface area contributed by atoms with E-state index in [1.165, 1.54) is 19.3 Å². The van der Waals surface area contributed by atoms with Crippen molar-refractivity contribution < 1.29 is 9.90 Å². The Bertz CT molecular complexity index is 218. The van der Waals surface area contributed by atoms with Crippen LogP contribution < -0.4 is 5.32 Å². The van der Waals surface area contributed by atoms with Crippen molar-refractivity contribution in [2.24, 2.45) is 5.92 Å². The van der Waals surface area contributed by atoms with E-state index in [0.29, 0.717) is 0 Å². The van der Waals surface area contributed by atoms with Gasteiger partial charge in [-0.05, 0) is 32.2 Å². The summed E-state index contributed by atoms with van der Waals surface area (Å²) in [6, 6.07) is 0. The van der Waals surface area contributed by atoms with Crippen molar-refractivity contribution in [3.05, 3.63) is 0 Å². The van der Waals surface area contributed by atoms with Crippen LogP contribution in [0, 0.1) is 5.92 Å². The zero-order valence-electron chi connectivity index (χ0n) is 9.88. The quantitative estimate of drug-likeness (QED) is 0.705. The fraction of sp³-hybridized carbons (Fsp3) is 0.917. The molecule has 2 atom stereocenters. The van der Waals surface area contributed by atoms with Crippen molar-refractivity contribution in [3.8, 4) is 0 Å². The standard InChI is InChI=1S/C12H23NO2/c1-3-10-5-4-7-12(13-2,8-6-10)9-11(14)15/h10,13H,3-9H2,1-2H3,(H,14,15). The molecule has 0 bridgehead atoms. The molecule has 88 valence electrons. The van der Waals surface area contributed by atoms with E-state index >= 15 is 0 Å². The molecule has 0 saturated heterocycles. The van der Waals surface area contributed by atoms with Crippen LogP contribution >= 0.6 is 0 Å². The van der Waals surface area contributed by atoms with Crippen LogP contribution in [0.15, 0.2) is 0 Å². The van der Waals surface area contributed by atoms with Crippen LogP contribution in [0.5, 0.6) is 0 Å². The maximum atomic E-state index is 10.9. The van der Waals surface area contributed by atoms with Gasteiger partial charge in [0.2, 0.25) is 0 Å². The fourth-order valence-electron chi connectivity index (χ4n) is 2.69. The lowest BCUT2D eigenvalue weighted by Crippen LogP contribution is -2.44. The Morgan fingerprint density at radius 3 is 2.73 bits per heavy atom. The Balaban J connectivity index is 2.61. The van der Waals surface area contributed by atoms with Gasteiger partial charge in [0.05, 0.1) is 6.42 Å². The normalized spacial score (nSPS) is 32.3. The van der Waals surface area contributed by atoms with Gasteiger partial charge in [-0.15, -0.1) is 0 Å². The summed E-state index contributed by atoms with van der Waals surface area (Å²) in [4.78, 5) is 10.9. The van der Waals surface area contributed by atoms with Gasteiger partial charge in [0, 0.05) is 5.54 Å². The minimum absolute atomic E-state index is 0.143. The van der Waals surface area contributed by atoms with Crippen molar-refractivity contribution in [2.75, 3.05) is 7.05 Å². The Morgan fingerprint density at radius 2 is 2.20 bits per heavy atom. The monoisotopic (exact) mass is 213 g/mol.